The first-order chi connectivity index (χ1) is 18.2. The molecule has 38 heavy (non-hydrogen) atoms. The summed E-state index contributed by atoms with van der Waals surface area (Å²) in [6.45, 7) is 1.50. The number of rotatable bonds is 10. The number of thiazole rings is 1. The Balaban J connectivity index is 1.55. The van der Waals surface area contributed by atoms with E-state index in [-0.39, 0.29) is 12.4 Å². The van der Waals surface area contributed by atoms with Gasteiger partial charge in [-0.25, -0.2) is 9.78 Å². The highest BCUT2D eigenvalue weighted by Gasteiger charge is 2.31. The molecule has 0 amide bonds. The van der Waals surface area contributed by atoms with Crippen molar-refractivity contribution in [1.29, 1.82) is 0 Å². The zero-order valence-electron chi connectivity index (χ0n) is 20.1. The first kappa shape index (κ1) is 26.7. The number of aliphatic carboxylic acids is 1. The fraction of sp³-hybridized carbons (Fsp3) is 0.143. The van der Waals surface area contributed by atoms with Crippen LogP contribution in [-0.2, 0) is 11.4 Å². The lowest BCUT2D eigenvalue weighted by Gasteiger charge is -2.10. The van der Waals surface area contributed by atoms with E-state index in [1.165, 1.54) is 35.6 Å². The van der Waals surface area contributed by atoms with Gasteiger partial charge in [0, 0.05) is 5.56 Å². The molecule has 196 valence electrons. The SMILES string of the molecule is Cc1cc(OCc2nc(-c3ccc(OC(F)(F)F)cc3)c(C=Cc3ccccc3)s2)ccc1OCC(=O)O. The minimum Gasteiger partial charge on any atom is -0.486 e. The van der Waals surface area contributed by atoms with Crippen molar-refractivity contribution in [2.75, 3.05) is 6.61 Å². The molecule has 1 N–H and O–H groups in total. The first-order valence-corrected chi connectivity index (χ1v) is 12.1. The third-order valence-electron chi connectivity index (χ3n) is 5.15. The van der Waals surface area contributed by atoms with E-state index in [4.69, 9.17) is 19.6 Å². The molecule has 0 atom stereocenters. The second-order valence-corrected chi connectivity index (χ2v) is 9.15. The van der Waals surface area contributed by atoms with Crippen LogP contribution in [0.2, 0.25) is 0 Å². The third kappa shape index (κ3) is 7.59. The zero-order valence-corrected chi connectivity index (χ0v) is 20.9. The van der Waals surface area contributed by atoms with Gasteiger partial charge in [0.05, 0.1) is 10.6 Å². The predicted octanol–water partition coefficient (Wildman–Crippen LogP) is 7.23. The molecule has 4 aromatic rings. The Morgan fingerprint density at radius 2 is 1.68 bits per heavy atom. The molecule has 0 radical (unpaired) electrons. The minimum atomic E-state index is -4.77. The molecule has 0 aliphatic rings. The summed E-state index contributed by atoms with van der Waals surface area (Å²) in [5, 5.41) is 9.45. The number of aromatic nitrogens is 1. The van der Waals surface area contributed by atoms with E-state index in [0.29, 0.717) is 27.8 Å². The van der Waals surface area contributed by atoms with E-state index in [0.717, 1.165) is 16.0 Å². The van der Waals surface area contributed by atoms with Gasteiger partial charge in [0.15, 0.2) is 6.61 Å². The molecule has 1 heterocycles. The molecule has 0 bridgehead atoms. The fourth-order valence-corrected chi connectivity index (χ4v) is 4.37. The van der Waals surface area contributed by atoms with Crippen LogP contribution in [0.1, 0.15) is 21.0 Å². The largest absolute Gasteiger partial charge is 0.573 e. The van der Waals surface area contributed by atoms with E-state index in [2.05, 4.69) is 4.74 Å². The molecule has 1 aromatic heterocycles. The van der Waals surface area contributed by atoms with Crippen molar-refractivity contribution >= 4 is 29.5 Å². The molecule has 4 rings (SSSR count). The van der Waals surface area contributed by atoms with Crippen molar-refractivity contribution in [3.05, 3.63) is 93.8 Å². The van der Waals surface area contributed by atoms with Crippen LogP contribution in [0.15, 0.2) is 72.8 Å². The summed E-state index contributed by atoms with van der Waals surface area (Å²) in [7, 11) is 0. The number of halogens is 3. The van der Waals surface area contributed by atoms with Crippen molar-refractivity contribution in [3.8, 4) is 28.5 Å². The molecular weight excluding hydrogens is 519 g/mol. The van der Waals surface area contributed by atoms with Gasteiger partial charge in [-0.2, -0.15) is 0 Å². The van der Waals surface area contributed by atoms with Crippen molar-refractivity contribution in [2.45, 2.75) is 19.9 Å². The highest BCUT2D eigenvalue weighted by atomic mass is 32.1. The van der Waals surface area contributed by atoms with Crippen LogP contribution in [0.25, 0.3) is 23.4 Å². The Morgan fingerprint density at radius 1 is 0.974 bits per heavy atom. The lowest BCUT2D eigenvalue weighted by Crippen LogP contribution is -2.16. The highest BCUT2D eigenvalue weighted by molar-refractivity contribution is 7.13. The molecule has 0 aliphatic heterocycles. The normalized spacial score (nSPS) is 11.5. The number of carboxylic acids is 1. The van der Waals surface area contributed by atoms with Crippen LogP contribution in [0, 0.1) is 6.92 Å². The molecule has 0 unspecified atom stereocenters. The summed E-state index contributed by atoms with van der Waals surface area (Å²) in [6, 6.07) is 20.3. The van der Waals surface area contributed by atoms with Gasteiger partial charge >= 0.3 is 12.3 Å². The summed E-state index contributed by atoms with van der Waals surface area (Å²) in [6.07, 6.45) is -0.929. The molecule has 10 heteroatoms. The van der Waals surface area contributed by atoms with Gasteiger partial charge in [-0.05, 0) is 66.6 Å². The maximum absolute atomic E-state index is 12.5. The number of nitrogens with zero attached hydrogens (tertiary/aromatic N) is 1. The van der Waals surface area contributed by atoms with Gasteiger partial charge in [0.2, 0.25) is 0 Å². The number of hydrogen-bond donors (Lipinski definition) is 1. The number of carbonyl (C=O) groups is 1. The minimum absolute atomic E-state index is 0.154. The smallest absolute Gasteiger partial charge is 0.486 e. The number of aryl methyl sites for hydroxylation is 1. The van der Waals surface area contributed by atoms with Gasteiger partial charge in [-0.1, -0.05) is 36.4 Å². The summed E-state index contributed by atoms with van der Waals surface area (Å²) >= 11 is 1.40. The predicted molar refractivity (Wildman–Crippen MR) is 138 cm³/mol. The average Bonchev–Trinajstić information content (AvgIpc) is 3.29. The van der Waals surface area contributed by atoms with Crippen LogP contribution >= 0.6 is 11.3 Å². The Morgan fingerprint density at radius 3 is 2.34 bits per heavy atom. The second-order valence-electron chi connectivity index (χ2n) is 8.04. The van der Waals surface area contributed by atoms with Crippen LogP contribution < -0.4 is 14.2 Å². The van der Waals surface area contributed by atoms with Gasteiger partial charge in [0.1, 0.15) is 28.9 Å². The summed E-state index contributed by atoms with van der Waals surface area (Å²) in [5.74, 6) is -0.379. The lowest BCUT2D eigenvalue weighted by atomic mass is 10.1. The zero-order chi connectivity index (χ0) is 27.1. The van der Waals surface area contributed by atoms with E-state index >= 15 is 0 Å². The van der Waals surface area contributed by atoms with Gasteiger partial charge in [0.25, 0.3) is 0 Å². The Bertz CT molecular complexity index is 1420. The number of benzene rings is 3. The van der Waals surface area contributed by atoms with Crippen LogP contribution in [0.5, 0.6) is 17.2 Å². The van der Waals surface area contributed by atoms with Crippen LogP contribution in [-0.4, -0.2) is 29.0 Å². The quantitative estimate of drug-likeness (QED) is 0.228. The maximum Gasteiger partial charge on any atom is 0.573 e. The Hall–Kier alpha value is -4.31. The number of ether oxygens (including phenoxy) is 3. The van der Waals surface area contributed by atoms with E-state index in [9.17, 15) is 18.0 Å². The Kier molecular flexibility index (Phi) is 8.32. The first-order valence-electron chi connectivity index (χ1n) is 11.3. The molecule has 6 nitrogen and oxygen atoms in total. The van der Waals surface area contributed by atoms with Crippen molar-refractivity contribution in [2.24, 2.45) is 0 Å². The summed E-state index contributed by atoms with van der Waals surface area (Å²) in [5.41, 5.74) is 2.94. The molecule has 0 fully saturated rings. The maximum atomic E-state index is 12.5. The molecule has 0 aliphatic carbocycles. The van der Waals surface area contributed by atoms with Crippen molar-refractivity contribution in [1.82, 2.24) is 4.98 Å². The van der Waals surface area contributed by atoms with Crippen LogP contribution in [0.3, 0.4) is 0 Å². The van der Waals surface area contributed by atoms with E-state index in [1.807, 2.05) is 42.5 Å². The van der Waals surface area contributed by atoms with Crippen molar-refractivity contribution < 1.29 is 37.3 Å². The average molecular weight is 542 g/mol. The highest BCUT2D eigenvalue weighted by Crippen LogP contribution is 2.33. The third-order valence-corrected chi connectivity index (χ3v) is 6.14. The van der Waals surface area contributed by atoms with Crippen LogP contribution in [0.4, 0.5) is 13.2 Å². The number of carboxylic acid groups (broad SMARTS) is 1. The van der Waals surface area contributed by atoms with Gasteiger partial charge in [-0.3, -0.25) is 0 Å². The lowest BCUT2D eigenvalue weighted by molar-refractivity contribution is -0.274. The number of hydrogen-bond acceptors (Lipinski definition) is 6. The molecule has 0 spiro atoms. The standard InChI is InChI=1S/C28H22F3NO5S/c1-18-15-22(12-13-23(18)36-17-26(33)34)35-16-25-32-27(20-8-10-21(11-9-20)37-28(29,30)31)24(38-25)14-7-19-5-3-2-4-6-19/h2-15H,16-17H2,1H3,(H,33,34). The number of alkyl halides is 3. The van der Waals surface area contributed by atoms with E-state index < -0.39 is 18.9 Å². The molecule has 3 aromatic carbocycles. The van der Waals surface area contributed by atoms with Gasteiger partial charge < -0.3 is 19.3 Å². The monoisotopic (exact) mass is 541 g/mol. The van der Waals surface area contributed by atoms with Gasteiger partial charge in [-0.15, -0.1) is 24.5 Å². The Labute approximate surface area is 220 Å². The molecule has 0 saturated carbocycles. The molecule has 0 saturated heterocycles. The topological polar surface area (TPSA) is 77.9 Å². The molecular formula is C28H22F3NO5S. The van der Waals surface area contributed by atoms with Crippen molar-refractivity contribution in [3.63, 3.8) is 0 Å². The second kappa shape index (κ2) is 11.8. The summed E-state index contributed by atoms with van der Waals surface area (Å²) < 4.78 is 52.8. The van der Waals surface area contributed by atoms with E-state index in [1.54, 1.807) is 25.1 Å². The summed E-state index contributed by atoms with van der Waals surface area (Å²) in [4.78, 5) is 16.2. The fourth-order valence-electron chi connectivity index (χ4n) is 3.47.